The minimum atomic E-state index is -0.976. The smallest absolute Gasteiger partial charge is 0.305 e. The zero-order chi connectivity index (χ0) is 26.5. The normalized spacial score (nSPS) is 17.7. The first-order valence-electron chi connectivity index (χ1n) is 12.7. The first-order valence-corrected chi connectivity index (χ1v) is 12.7. The molecule has 2 heterocycles. The van der Waals surface area contributed by atoms with Crippen LogP contribution >= 0.6 is 0 Å². The average Bonchev–Trinajstić information content (AvgIpc) is 2.91. The molecule has 3 aromatic rings. The van der Waals surface area contributed by atoms with Gasteiger partial charge in [0.1, 0.15) is 12.7 Å². The molecule has 0 unspecified atom stereocenters. The van der Waals surface area contributed by atoms with Crippen LogP contribution in [0.2, 0.25) is 0 Å². The first-order chi connectivity index (χ1) is 18.5. The van der Waals surface area contributed by atoms with Crippen molar-refractivity contribution in [2.24, 2.45) is 0 Å². The van der Waals surface area contributed by atoms with Crippen LogP contribution in [0.1, 0.15) is 34.8 Å². The Balaban J connectivity index is 1.46. The first kappa shape index (κ1) is 25.8. The van der Waals surface area contributed by atoms with Gasteiger partial charge >= 0.3 is 5.97 Å². The zero-order valence-electron chi connectivity index (χ0n) is 21.2. The fourth-order valence-electron chi connectivity index (χ4n) is 4.91. The van der Waals surface area contributed by atoms with Crippen LogP contribution in [0.15, 0.2) is 72.8 Å². The van der Waals surface area contributed by atoms with E-state index in [4.69, 9.17) is 18.9 Å². The van der Waals surface area contributed by atoms with E-state index in [2.05, 4.69) is 0 Å². The molecule has 0 bridgehead atoms. The summed E-state index contributed by atoms with van der Waals surface area (Å²) in [5, 5.41) is 9.74. The van der Waals surface area contributed by atoms with Crippen LogP contribution in [0.4, 0.5) is 0 Å². The van der Waals surface area contributed by atoms with E-state index in [0.29, 0.717) is 37.7 Å². The summed E-state index contributed by atoms with van der Waals surface area (Å²) in [6, 6.07) is 22.3. The number of carbonyl (C=O) groups excluding carboxylic acids is 1. The Kier molecular flexibility index (Phi) is 7.91. The van der Waals surface area contributed by atoms with Gasteiger partial charge in [0.05, 0.1) is 26.7 Å². The third-order valence-electron chi connectivity index (χ3n) is 6.94. The number of hydrogen-bond acceptors (Lipinski definition) is 6. The number of benzene rings is 3. The Morgan fingerprint density at radius 3 is 2.37 bits per heavy atom. The van der Waals surface area contributed by atoms with Crippen LogP contribution in [0.25, 0.3) is 0 Å². The number of carboxylic acid groups (broad SMARTS) is 1. The number of nitrogens with zero attached hydrogens (tertiary/aromatic N) is 1. The van der Waals surface area contributed by atoms with E-state index in [-0.39, 0.29) is 25.0 Å². The summed E-state index contributed by atoms with van der Waals surface area (Å²) in [7, 11) is 1.58. The topological polar surface area (TPSA) is 94.5 Å². The lowest BCUT2D eigenvalue weighted by Gasteiger charge is -2.40. The molecule has 5 rings (SSSR count). The van der Waals surface area contributed by atoms with E-state index in [1.165, 1.54) is 0 Å². The molecule has 0 aromatic heterocycles. The van der Waals surface area contributed by atoms with Crippen molar-refractivity contribution in [1.29, 1.82) is 0 Å². The van der Waals surface area contributed by atoms with Crippen molar-refractivity contribution in [2.75, 3.05) is 20.3 Å². The van der Waals surface area contributed by atoms with Crippen molar-refractivity contribution in [2.45, 2.75) is 44.2 Å². The molecule has 3 aromatic carbocycles. The summed E-state index contributed by atoms with van der Waals surface area (Å²) < 4.78 is 23.3. The van der Waals surface area contributed by atoms with Crippen LogP contribution < -0.4 is 9.47 Å². The maximum Gasteiger partial charge on any atom is 0.305 e. The molecule has 8 heteroatoms. The molecule has 0 aliphatic carbocycles. The highest BCUT2D eigenvalue weighted by atomic mass is 16.6. The number of carboxylic acids is 1. The number of methoxy groups -OCH3 is 1. The van der Waals surface area contributed by atoms with E-state index in [1.54, 1.807) is 12.0 Å². The van der Waals surface area contributed by atoms with Gasteiger partial charge in [-0.25, -0.2) is 0 Å². The number of carbonyl (C=O) groups is 2. The second kappa shape index (κ2) is 11.7. The van der Waals surface area contributed by atoms with Crippen molar-refractivity contribution in [3.05, 3.63) is 95.1 Å². The molecule has 38 heavy (non-hydrogen) atoms. The van der Waals surface area contributed by atoms with E-state index >= 15 is 0 Å². The molecule has 198 valence electrons. The molecule has 2 aliphatic rings. The summed E-state index contributed by atoms with van der Waals surface area (Å²) in [6.07, 6.45) is -0.909. The number of amides is 1. The number of rotatable bonds is 10. The fourth-order valence-corrected chi connectivity index (χ4v) is 4.91. The van der Waals surface area contributed by atoms with Crippen molar-refractivity contribution in [3.63, 3.8) is 0 Å². The molecule has 0 spiro atoms. The quantitative estimate of drug-likeness (QED) is 0.432. The number of fused-ring (bicyclic) bond motifs is 1. The molecule has 2 atom stereocenters. The fraction of sp³-hybridized carbons (Fsp3) is 0.333. The minimum Gasteiger partial charge on any atom is -0.493 e. The van der Waals surface area contributed by atoms with Gasteiger partial charge < -0.3 is 29.0 Å². The monoisotopic (exact) mass is 517 g/mol. The molecule has 2 aliphatic heterocycles. The summed E-state index contributed by atoms with van der Waals surface area (Å²) in [5.74, 6) is -0.0825. The zero-order valence-corrected chi connectivity index (χ0v) is 21.2. The summed E-state index contributed by atoms with van der Waals surface area (Å²) in [6.45, 7) is 1.44. The van der Waals surface area contributed by atoms with E-state index in [9.17, 15) is 14.7 Å². The lowest BCUT2D eigenvalue weighted by molar-refractivity contribution is -0.178. The molecule has 1 N–H and O–H groups in total. The van der Waals surface area contributed by atoms with Gasteiger partial charge in [0, 0.05) is 18.2 Å². The Morgan fingerprint density at radius 1 is 1.03 bits per heavy atom. The van der Waals surface area contributed by atoms with E-state index < -0.39 is 18.1 Å². The van der Waals surface area contributed by atoms with Crippen molar-refractivity contribution in [1.82, 2.24) is 4.90 Å². The molecule has 0 saturated carbocycles. The van der Waals surface area contributed by atoms with Crippen LogP contribution in [0.5, 0.6) is 11.5 Å². The van der Waals surface area contributed by atoms with Gasteiger partial charge in [0.25, 0.3) is 5.91 Å². The molecule has 1 saturated heterocycles. The maximum atomic E-state index is 14.0. The van der Waals surface area contributed by atoms with E-state index in [1.807, 2.05) is 72.8 Å². The molecule has 0 radical (unpaired) electrons. The van der Waals surface area contributed by atoms with Gasteiger partial charge in [0.2, 0.25) is 0 Å². The van der Waals surface area contributed by atoms with Gasteiger partial charge in [-0.1, -0.05) is 66.7 Å². The van der Waals surface area contributed by atoms with Gasteiger partial charge in [-0.2, -0.15) is 0 Å². The standard InChI is InChI=1S/C30H31NO7/c1-35-26-13-12-22-16-31(30(34)28(38-24-18-36-19-24)21-10-6-3-7-11-21)23(15-27(32)33)14-25(22)29(26)37-17-20-8-4-2-5-9-20/h2-13,23-24,28H,14-19H2,1H3,(H,32,33)/t23-,28+/m1/s1. The molecular weight excluding hydrogens is 486 g/mol. The summed E-state index contributed by atoms with van der Waals surface area (Å²) >= 11 is 0. The van der Waals surface area contributed by atoms with Crippen LogP contribution in [0, 0.1) is 0 Å². The third kappa shape index (κ3) is 5.66. The lowest BCUT2D eigenvalue weighted by Crippen LogP contribution is -2.49. The molecular formula is C30H31NO7. The Morgan fingerprint density at radius 2 is 1.74 bits per heavy atom. The van der Waals surface area contributed by atoms with Gasteiger partial charge in [-0.3, -0.25) is 9.59 Å². The Labute approximate surface area is 221 Å². The lowest BCUT2D eigenvalue weighted by atomic mass is 9.90. The van der Waals surface area contributed by atoms with Crippen LogP contribution in [-0.2, 0) is 38.6 Å². The highest BCUT2D eigenvalue weighted by Crippen LogP contribution is 2.40. The summed E-state index contributed by atoms with van der Waals surface area (Å²) in [5.41, 5.74) is 3.48. The van der Waals surface area contributed by atoms with Gasteiger partial charge in [0.15, 0.2) is 17.6 Å². The number of aliphatic carboxylic acids is 1. The minimum absolute atomic E-state index is 0.179. The molecule has 8 nitrogen and oxygen atoms in total. The number of ether oxygens (including phenoxy) is 4. The highest BCUT2D eigenvalue weighted by Gasteiger charge is 2.39. The SMILES string of the molecule is COc1ccc2c(c1OCc1ccccc1)C[C@H](CC(=O)O)N(C(=O)[C@@H](OC1COC1)c1ccccc1)C2. The largest absolute Gasteiger partial charge is 0.493 e. The summed E-state index contributed by atoms with van der Waals surface area (Å²) in [4.78, 5) is 27.5. The highest BCUT2D eigenvalue weighted by molar-refractivity contribution is 5.84. The van der Waals surface area contributed by atoms with Gasteiger partial charge in [-0.05, 0) is 29.2 Å². The number of hydrogen-bond donors (Lipinski definition) is 1. The van der Waals surface area contributed by atoms with Crippen molar-refractivity contribution < 1.29 is 33.6 Å². The van der Waals surface area contributed by atoms with Crippen LogP contribution in [-0.4, -0.2) is 54.4 Å². The second-order valence-electron chi connectivity index (χ2n) is 9.52. The Bertz CT molecular complexity index is 1260. The predicted octanol–water partition coefficient (Wildman–Crippen LogP) is 4.16. The second-order valence-corrected chi connectivity index (χ2v) is 9.52. The van der Waals surface area contributed by atoms with Crippen molar-refractivity contribution in [3.8, 4) is 11.5 Å². The third-order valence-corrected chi connectivity index (χ3v) is 6.94. The Hall–Kier alpha value is -3.88. The van der Waals surface area contributed by atoms with Crippen molar-refractivity contribution >= 4 is 11.9 Å². The molecule has 1 fully saturated rings. The average molecular weight is 518 g/mol. The van der Waals surface area contributed by atoms with Gasteiger partial charge in [-0.15, -0.1) is 0 Å². The molecule has 1 amide bonds. The van der Waals surface area contributed by atoms with E-state index in [0.717, 1.165) is 22.3 Å². The van der Waals surface area contributed by atoms with Crippen LogP contribution in [0.3, 0.4) is 0 Å². The predicted molar refractivity (Wildman–Crippen MR) is 139 cm³/mol. The maximum absolute atomic E-state index is 14.0.